The van der Waals surface area contributed by atoms with Crippen LogP contribution in [0.5, 0.6) is 0 Å². The van der Waals surface area contributed by atoms with Gasteiger partial charge >= 0.3 is 0 Å². The summed E-state index contributed by atoms with van der Waals surface area (Å²) in [5.74, 6) is -0.994. The minimum atomic E-state index is -0.833. The van der Waals surface area contributed by atoms with Crippen molar-refractivity contribution in [3.05, 3.63) is 76.3 Å². The number of rotatable bonds is 4. The number of hydrogen-bond donors (Lipinski definition) is 1. The van der Waals surface area contributed by atoms with Crippen molar-refractivity contribution >= 4 is 29.3 Å². The van der Waals surface area contributed by atoms with E-state index in [1.165, 1.54) is 16.7 Å². The molecular weight excluding hydrogens is 346 g/mol. The Morgan fingerprint density at radius 3 is 2.42 bits per heavy atom. The number of benzene rings is 2. The molecule has 0 bridgehead atoms. The lowest BCUT2D eigenvalue weighted by Crippen LogP contribution is -2.31. The summed E-state index contributed by atoms with van der Waals surface area (Å²) in [6.45, 7) is 1.95. The van der Waals surface area contributed by atoms with E-state index in [0.29, 0.717) is 17.1 Å². The number of nitrogens with two attached hydrogens (primary N) is 1. The summed E-state index contributed by atoms with van der Waals surface area (Å²) in [6.07, 6.45) is 0.508. The molecule has 2 aromatic rings. The fraction of sp³-hybridized carbons (Fsp3) is 0.150. The molecule has 0 saturated carbocycles. The first-order chi connectivity index (χ1) is 12.5. The van der Waals surface area contributed by atoms with E-state index < -0.39 is 11.2 Å². The van der Waals surface area contributed by atoms with Gasteiger partial charge < -0.3 is 5.73 Å². The minimum Gasteiger partial charge on any atom is -0.365 e. The highest BCUT2D eigenvalue weighted by Gasteiger charge is 2.40. The summed E-state index contributed by atoms with van der Waals surface area (Å²) < 4.78 is 0. The second-order valence-corrected chi connectivity index (χ2v) is 7.15. The van der Waals surface area contributed by atoms with Crippen LogP contribution in [0.2, 0.25) is 0 Å². The third kappa shape index (κ3) is 3.48. The molecular formula is C20H17N3O2S. The second-order valence-electron chi connectivity index (χ2n) is 5.96. The Morgan fingerprint density at radius 1 is 1.19 bits per heavy atom. The fourth-order valence-corrected chi connectivity index (χ4v) is 4.07. The van der Waals surface area contributed by atoms with Crippen molar-refractivity contribution in [2.75, 3.05) is 4.90 Å². The van der Waals surface area contributed by atoms with Crippen LogP contribution in [0.15, 0.2) is 65.2 Å². The largest absolute Gasteiger partial charge is 0.365 e. The van der Waals surface area contributed by atoms with Gasteiger partial charge in [0.15, 0.2) is 0 Å². The molecule has 0 unspecified atom stereocenters. The summed E-state index contributed by atoms with van der Waals surface area (Å²) in [4.78, 5) is 26.2. The first-order valence-electron chi connectivity index (χ1n) is 8.06. The zero-order valence-electron chi connectivity index (χ0n) is 14.2. The molecule has 0 spiro atoms. The van der Waals surface area contributed by atoms with E-state index >= 15 is 0 Å². The molecule has 0 aromatic heterocycles. The maximum absolute atomic E-state index is 13.1. The summed E-state index contributed by atoms with van der Waals surface area (Å²) in [5, 5.41) is 9.25. The number of nitriles is 1. The predicted octanol–water partition coefficient (Wildman–Crippen LogP) is 2.91. The Kier molecular flexibility index (Phi) is 5.10. The molecule has 3 rings (SSSR count). The van der Waals surface area contributed by atoms with Crippen molar-refractivity contribution in [3.8, 4) is 6.07 Å². The van der Waals surface area contributed by atoms with Crippen molar-refractivity contribution in [1.82, 2.24) is 0 Å². The summed E-state index contributed by atoms with van der Waals surface area (Å²) in [5.41, 5.74) is 7.85. The fourth-order valence-electron chi connectivity index (χ4n) is 2.76. The van der Waals surface area contributed by atoms with Crippen LogP contribution in [-0.4, -0.2) is 17.1 Å². The molecule has 5 nitrogen and oxygen atoms in total. The van der Waals surface area contributed by atoms with Crippen molar-refractivity contribution < 1.29 is 9.59 Å². The highest BCUT2D eigenvalue weighted by Crippen LogP contribution is 2.41. The van der Waals surface area contributed by atoms with Crippen LogP contribution in [0.3, 0.4) is 0 Å². The van der Waals surface area contributed by atoms with Crippen LogP contribution >= 0.6 is 11.8 Å². The highest BCUT2D eigenvalue weighted by molar-refractivity contribution is 8.05. The van der Waals surface area contributed by atoms with Crippen LogP contribution in [0.1, 0.15) is 11.1 Å². The van der Waals surface area contributed by atoms with Gasteiger partial charge in [-0.25, -0.2) is 0 Å². The number of primary amides is 1. The number of anilines is 1. The van der Waals surface area contributed by atoms with Crippen LogP contribution < -0.4 is 10.6 Å². The first kappa shape index (κ1) is 17.8. The average molecular weight is 363 g/mol. The highest BCUT2D eigenvalue weighted by atomic mass is 32.2. The van der Waals surface area contributed by atoms with Crippen LogP contribution in [-0.2, 0) is 16.0 Å². The minimum absolute atomic E-state index is 0.160. The van der Waals surface area contributed by atoms with E-state index in [9.17, 15) is 14.9 Å². The number of nitrogens with zero attached hydrogens (tertiary/aromatic N) is 2. The summed E-state index contributed by atoms with van der Waals surface area (Å²) >= 11 is 1.21. The Morgan fingerprint density at radius 2 is 1.85 bits per heavy atom. The lowest BCUT2D eigenvalue weighted by molar-refractivity contribution is -0.117. The Balaban J connectivity index is 2.03. The number of aryl methyl sites for hydroxylation is 1. The molecule has 1 atom stereocenters. The third-order valence-electron chi connectivity index (χ3n) is 4.08. The average Bonchev–Trinajstić information content (AvgIpc) is 2.93. The molecule has 130 valence electrons. The maximum atomic E-state index is 13.1. The molecule has 1 heterocycles. The molecule has 1 aliphatic heterocycles. The molecule has 0 aliphatic carbocycles. The van der Waals surface area contributed by atoms with Gasteiger partial charge in [-0.15, -0.1) is 0 Å². The molecule has 2 amide bonds. The van der Waals surface area contributed by atoms with Crippen molar-refractivity contribution in [2.45, 2.75) is 18.6 Å². The van der Waals surface area contributed by atoms with E-state index in [-0.39, 0.29) is 11.5 Å². The Hall–Kier alpha value is -3.04. The lowest BCUT2D eigenvalue weighted by Gasteiger charge is -2.18. The number of carbonyl (C=O) groups is 2. The van der Waals surface area contributed by atoms with Gasteiger partial charge in [0, 0.05) is 5.69 Å². The Bertz CT molecular complexity index is 914. The monoisotopic (exact) mass is 363 g/mol. The molecule has 2 N–H and O–H groups in total. The number of amides is 2. The molecule has 0 radical (unpaired) electrons. The van der Waals surface area contributed by atoms with Gasteiger partial charge in [0.05, 0.1) is 5.25 Å². The van der Waals surface area contributed by atoms with Crippen LogP contribution in [0, 0.1) is 18.3 Å². The van der Waals surface area contributed by atoms with Gasteiger partial charge in [-0.3, -0.25) is 14.5 Å². The van der Waals surface area contributed by atoms with Gasteiger partial charge in [-0.05, 0) is 31.0 Å². The van der Waals surface area contributed by atoms with Crippen molar-refractivity contribution in [1.29, 1.82) is 5.26 Å². The molecule has 1 aliphatic rings. The quantitative estimate of drug-likeness (QED) is 0.668. The number of hydrogen-bond acceptors (Lipinski definition) is 4. The van der Waals surface area contributed by atoms with E-state index in [1.807, 2.05) is 55.5 Å². The van der Waals surface area contributed by atoms with Gasteiger partial charge in [-0.1, -0.05) is 59.8 Å². The van der Waals surface area contributed by atoms with Gasteiger partial charge in [-0.2, -0.15) is 5.26 Å². The number of thioether (sulfide) groups is 1. The van der Waals surface area contributed by atoms with E-state index in [4.69, 9.17) is 5.73 Å². The Labute approximate surface area is 156 Å². The van der Waals surface area contributed by atoms with Gasteiger partial charge in [0.25, 0.3) is 5.91 Å². The predicted molar refractivity (Wildman–Crippen MR) is 102 cm³/mol. The number of carbonyl (C=O) groups excluding carboxylic acids is 2. The molecule has 1 saturated heterocycles. The summed E-state index contributed by atoms with van der Waals surface area (Å²) in [6, 6.07) is 18.9. The van der Waals surface area contributed by atoms with Gasteiger partial charge in [0.2, 0.25) is 5.91 Å². The van der Waals surface area contributed by atoms with E-state index in [1.54, 1.807) is 12.1 Å². The van der Waals surface area contributed by atoms with Gasteiger partial charge in [0.1, 0.15) is 16.7 Å². The first-order valence-corrected chi connectivity index (χ1v) is 8.94. The zero-order valence-corrected chi connectivity index (χ0v) is 15.0. The zero-order chi connectivity index (χ0) is 18.7. The van der Waals surface area contributed by atoms with Crippen molar-refractivity contribution in [3.63, 3.8) is 0 Å². The van der Waals surface area contributed by atoms with E-state index in [0.717, 1.165) is 11.1 Å². The normalized spacial score (nSPS) is 18.5. The van der Waals surface area contributed by atoms with Crippen LogP contribution in [0.25, 0.3) is 0 Å². The van der Waals surface area contributed by atoms with E-state index in [2.05, 4.69) is 0 Å². The summed E-state index contributed by atoms with van der Waals surface area (Å²) in [7, 11) is 0. The smallest absolute Gasteiger partial charge is 0.262 e. The standard InChI is InChI=1S/C20H17N3O2S/c1-13-7-9-15(10-8-13)23-19(25)17(11-14-5-3-2-4-6-14)26-20(23)16(12-21)18(22)24/h2-10,17H,11H2,1H3,(H2,22,24)/b20-16+/t17-/m1/s1. The SMILES string of the molecule is Cc1ccc(N2C(=O)[C@@H](Cc3ccccc3)S/C2=C(\C#N)C(N)=O)cc1. The van der Waals surface area contributed by atoms with Crippen molar-refractivity contribution in [2.24, 2.45) is 5.73 Å². The maximum Gasteiger partial charge on any atom is 0.262 e. The second kappa shape index (κ2) is 7.46. The lowest BCUT2D eigenvalue weighted by atomic mass is 10.1. The molecule has 26 heavy (non-hydrogen) atoms. The topological polar surface area (TPSA) is 87.2 Å². The molecule has 1 fully saturated rings. The van der Waals surface area contributed by atoms with Crippen LogP contribution in [0.4, 0.5) is 5.69 Å². The molecule has 6 heteroatoms. The third-order valence-corrected chi connectivity index (χ3v) is 5.34. The molecule has 2 aromatic carbocycles.